The number of pyridine rings is 1. The van der Waals surface area contributed by atoms with E-state index < -0.39 is 15.9 Å². The number of carbonyl (C=O) groups excluding carboxylic acids is 1. The molecule has 0 aliphatic rings. The fourth-order valence-electron chi connectivity index (χ4n) is 2.54. The Morgan fingerprint density at radius 1 is 1.10 bits per heavy atom. The topological polar surface area (TPSA) is 88.2 Å². The summed E-state index contributed by atoms with van der Waals surface area (Å²) in [4.78, 5) is 16.4. The van der Waals surface area contributed by atoms with Gasteiger partial charge in [-0.05, 0) is 76.4 Å². The van der Waals surface area contributed by atoms with E-state index in [0.717, 1.165) is 11.1 Å². The van der Waals surface area contributed by atoms with Crippen molar-refractivity contribution in [3.05, 3.63) is 87.1 Å². The van der Waals surface area contributed by atoms with Crippen molar-refractivity contribution < 1.29 is 13.2 Å². The van der Waals surface area contributed by atoms with Gasteiger partial charge in [-0.1, -0.05) is 17.7 Å². The molecule has 2 aromatic carbocycles. The largest absolute Gasteiger partial charge is 0.348 e. The lowest BCUT2D eigenvalue weighted by Crippen LogP contribution is -2.24. The lowest BCUT2D eigenvalue weighted by Gasteiger charge is -2.12. The van der Waals surface area contributed by atoms with Crippen LogP contribution in [0.5, 0.6) is 0 Å². The number of anilines is 1. The van der Waals surface area contributed by atoms with Crippen molar-refractivity contribution in [2.75, 3.05) is 4.72 Å². The van der Waals surface area contributed by atoms with Gasteiger partial charge in [-0.15, -0.1) is 0 Å². The average Bonchev–Trinajstić information content (AvgIpc) is 2.69. The van der Waals surface area contributed by atoms with Gasteiger partial charge < -0.3 is 5.32 Å². The lowest BCUT2D eigenvalue weighted by molar-refractivity contribution is 0.0951. The second-order valence-corrected chi connectivity index (χ2v) is 9.21. The van der Waals surface area contributed by atoms with Crippen LogP contribution in [0.25, 0.3) is 0 Å². The standard InChI is InChI=1S/C20H17BrClN3O3S/c1-13-2-4-17(21)19(10-13)25-29(27,28)15-3-5-18(22)16(11-15)20(26)24-12-14-6-8-23-9-7-14/h2-11,25H,12H2,1H3,(H,24,26). The molecule has 1 aromatic heterocycles. The molecule has 0 spiro atoms. The molecule has 29 heavy (non-hydrogen) atoms. The van der Waals surface area contributed by atoms with Crippen LogP contribution in [0, 0.1) is 6.92 Å². The highest BCUT2D eigenvalue weighted by Crippen LogP contribution is 2.27. The van der Waals surface area contributed by atoms with Crippen molar-refractivity contribution in [1.82, 2.24) is 10.3 Å². The Labute approximate surface area is 182 Å². The normalized spacial score (nSPS) is 11.1. The van der Waals surface area contributed by atoms with Gasteiger partial charge in [0.1, 0.15) is 0 Å². The highest BCUT2D eigenvalue weighted by Gasteiger charge is 2.20. The summed E-state index contributed by atoms with van der Waals surface area (Å²) in [5, 5.41) is 2.89. The quantitative estimate of drug-likeness (QED) is 0.527. The maximum atomic E-state index is 12.8. The first-order chi connectivity index (χ1) is 13.8. The van der Waals surface area contributed by atoms with E-state index >= 15 is 0 Å². The predicted octanol–water partition coefficient (Wildman–Crippen LogP) is 4.54. The van der Waals surface area contributed by atoms with Gasteiger partial charge in [0.15, 0.2) is 0 Å². The zero-order chi connectivity index (χ0) is 21.0. The third-order valence-electron chi connectivity index (χ3n) is 4.06. The van der Waals surface area contributed by atoms with Gasteiger partial charge in [0.25, 0.3) is 15.9 Å². The van der Waals surface area contributed by atoms with E-state index in [1.54, 1.807) is 36.7 Å². The van der Waals surface area contributed by atoms with Crippen molar-refractivity contribution in [1.29, 1.82) is 0 Å². The Hall–Kier alpha value is -2.42. The van der Waals surface area contributed by atoms with Crippen molar-refractivity contribution in [2.45, 2.75) is 18.4 Å². The van der Waals surface area contributed by atoms with Gasteiger partial charge >= 0.3 is 0 Å². The molecular formula is C20H17BrClN3O3S. The van der Waals surface area contributed by atoms with E-state index in [2.05, 4.69) is 31.0 Å². The molecule has 3 rings (SSSR count). The van der Waals surface area contributed by atoms with Crippen molar-refractivity contribution >= 4 is 49.1 Å². The smallest absolute Gasteiger partial charge is 0.261 e. The number of hydrogen-bond donors (Lipinski definition) is 2. The number of nitrogens with zero attached hydrogens (tertiary/aromatic N) is 1. The summed E-state index contributed by atoms with van der Waals surface area (Å²) in [7, 11) is -3.92. The highest BCUT2D eigenvalue weighted by molar-refractivity contribution is 9.10. The number of nitrogens with one attached hydrogen (secondary N) is 2. The van der Waals surface area contributed by atoms with Crippen molar-refractivity contribution in [2.24, 2.45) is 0 Å². The zero-order valence-corrected chi connectivity index (χ0v) is 18.5. The van der Waals surface area contributed by atoms with E-state index in [1.165, 1.54) is 18.2 Å². The number of hydrogen-bond acceptors (Lipinski definition) is 4. The fraction of sp³-hybridized carbons (Fsp3) is 0.100. The first-order valence-corrected chi connectivity index (χ1v) is 11.2. The van der Waals surface area contributed by atoms with Crippen LogP contribution < -0.4 is 10.0 Å². The van der Waals surface area contributed by atoms with Gasteiger partial charge in [0.05, 0.1) is 21.2 Å². The molecule has 0 radical (unpaired) electrons. The minimum absolute atomic E-state index is 0.0654. The maximum Gasteiger partial charge on any atom is 0.261 e. The molecule has 0 atom stereocenters. The molecule has 150 valence electrons. The van der Waals surface area contributed by atoms with Crippen LogP contribution in [0.2, 0.25) is 5.02 Å². The number of amides is 1. The highest BCUT2D eigenvalue weighted by atomic mass is 79.9. The molecule has 9 heteroatoms. The summed E-state index contributed by atoms with van der Waals surface area (Å²) in [6.07, 6.45) is 3.24. The van der Waals surface area contributed by atoms with Crippen LogP contribution in [-0.2, 0) is 16.6 Å². The number of benzene rings is 2. The third kappa shape index (κ3) is 5.35. The van der Waals surface area contributed by atoms with Crippen LogP contribution in [0.15, 0.2) is 70.3 Å². The van der Waals surface area contributed by atoms with Gasteiger partial charge in [-0.2, -0.15) is 0 Å². The maximum absolute atomic E-state index is 12.8. The molecular weight excluding hydrogens is 478 g/mol. The Morgan fingerprint density at radius 2 is 1.83 bits per heavy atom. The molecule has 6 nitrogen and oxygen atoms in total. The van der Waals surface area contributed by atoms with Crippen LogP contribution in [0.4, 0.5) is 5.69 Å². The molecule has 0 bridgehead atoms. The Bertz CT molecular complexity index is 1150. The molecule has 1 amide bonds. The van der Waals surface area contributed by atoms with E-state index in [9.17, 15) is 13.2 Å². The second kappa shape index (κ2) is 8.94. The SMILES string of the molecule is Cc1ccc(Br)c(NS(=O)(=O)c2ccc(Cl)c(C(=O)NCc3ccncc3)c2)c1. The number of rotatable bonds is 6. The van der Waals surface area contributed by atoms with Crippen LogP contribution >= 0.6 is 27.5 Å². The third-order valence-corrected chi connectivity index (χ3v) is 6.45. The van der Waals surface area contributed by atoms with Gasteiger partial charge in [-0.3, -0.25) is 14.5 Å². The molecule has 0 aliphatic heterocycles. The molecule has 0 saturated carbocycles. The van der Waals surface area contributed by atoms with Crippen molar-refractivity contribution in [3.8, 4) is 0 Å². The summed E-state index contributed by atoms with van der Waals surface area (Å²) in [6.45, 7) is 2.13. The Kier molecular flexibility index (Phi) is 6.56. The fourth-order valence-corrected chi connectivity index (χ4v) is 4.32. The molecule has 3 aromatic rings. The van der Waals surface area contributed by atoms with Gasteiger partial charge in [0, 0.05) is 23.4 Å². The Morgan fingerprint density at radius 3 is 2.55 bits per heavy atom. The van der Waals surface area contributed by atoms with E-state index in [-0.39, 0.29) is 22.0 Å². The monoisotopic (exact) mass is 493 g/mol. The van der Waals surface area contributed by atoms with Gasteiger partial charge in [-0.25, -0.2) is 8.42 Å². The summed E-state index contributed by atoms with van der Waals surface area (Å²) >= 11 is 9.47. The number of halogens is 2. The number of sulfonamides is 1. The molecule has 0 saturated heterocycles. The molecule has 2 N–H and O–H groups in total. The van der Waals surface area contributed by atoms with E-state index in [0.29, 0.717) is 10.2 Å². The van der Waals surface area contributed by atoms with Crippen LogP contribution in [-0.4, -0.2) is 19.3 Å². The first-order valence-electron chi connectivity index (χ1n) is 8.52. The average molecular weight is 495 g/mol. The number of aryl methyl sites for hydroxylation is 1. The molecule has 0 unspecified atom stereocenters. The minimum Gasteiger partial charge on any atom is -0.348 e. The van der Waals surface area contributed by atoms with E-state index in [4.69, 9.17) is 11.6 Å². The molecule has 0 aliphatic carbocycles. The lowest BCUT2D eigenvalue weighted by atomic mass is 10.2. The summed E-state index contributed by atoms with van der Waals surface area (Å²) in [5.74, 6) is -0.472. The zero-order valence-electron chi connectivity index (χ0n) is 15.3. The minimum atomic E-state index is -3.92. The van der Waals surface area contributed by atoms with Gasteiger partial charge in [0.2, 0.25) is 0 Å². The predicted molar refractivity (Wildman–Crippen MR) is 117 cm³/mol. The molecule has 1 heterocycles. The van der Waals surface area contributed by atoms with Crippen LogP contribution in [0.1, 0.15) is 21.5 Å². The molecule has 0 fully saturated rings. The summed E-state index contributed by atoms with van der Waals surface area (Å²) in [6, 6.07) is 12.9. The number of aromatic nitrogens is 1. The van der Waals surface area contributed by atoms with Crippen molar-refractivity contribution in [3.63, 3.8) is 0 Å². The summed E-state index contributed by atoms with van der Waals surface area (Å²) < 4.78 is 28.8. The summed E-state index contributed by atoms with van der Waals surface area (Å²) in [5.41, 5.74) is 2.24. The second-order valence-electron chi connectivity index (χ2n) is 6.27. The Balaban J connectivity index is 1.83. The van der Waals surface area contributed by atoms with E-state index in [1.807, 2.05) is 13.0 Å². The van der Waals surface area contributed by atoms with Crippen LogP contribution in [0.3, 0.4) is 0 Å². The first kappa shape index (κ1) is 21.3. The number of carbonyl (C=O) groups is 1.